The third-order valence-electron chi connectivity index (χ3n) is 5.37. The van der Waals surface area contributed by atoms with Crippen molar-refractivity contribution in [3.8, 4) is 32.6 Å². The van der Waals surface area contributed by atoms with Crippen LogP contribution in [0.2, 0.25) is 10.0 Å². The van der Waals surface area contributed by atoms with E-state index in [1.165, 1.54) is 23.5 Å². The maximum Gasteiger partial charge on any atom is 0.195 e. The fraction of sp³-hybridized carbons (Fsp3) is 0.375. The summed E-state index contributed by atoms with van der Waals surface area (Å²) in [5, 5.41) is 28.7. The lowest BCUT2D eigenvalue weighted by atomic mass is 9.86. The lowest BCUT2D eigenvalue weighted by Gasteiger charge is -2.35. The molecule has 37 heavy (non-hydrogen) atoms. The van der Waals surface area contributed by atoms with Crippen LogP contribution in [0.1, 0.15) is 13.8 Å². The van der Waals surface area contributed by atoms with Crippen LogP contribution in [-0.4, -0.2) is 69.9 Å². The lowest BCUT2D eigenvalue weighted by molar-refractivity contribution is -0.185. The number of ether oxygens (including phenoxy) is 3. The van der Waals surface area contributed by atoms with E-state index in [1.54, 1.807) is 12.1 Å². The molecule has 1 fully saturated rings. The first kappa shape index (κ1) is 27.6. The Morgan fingerprint density at radius 1 is 1.08 bits per heavy atom. The number of nitrogens with zero attached hydrogens (tertiary/aromatic N) is 2. The normalized spacial score (nSPS) is 20.1. The number of carbonyl (C=O) groups is 1. The molecule has 1 aliphatic rings. The van der Waals surface area contributed by atoms with Gasteiger partial charge in [-0.15, -0.1) is 10.2 Å². The zero-order chi connectivity index (χ0) is 26.9. The summed E-state index contributed by atoms with van der Waals surface area (Å²) in [4.78, 5) is 11.4. The second-order valence-electron chi connectivity index (χ2n) is 8.65. The molecule has 0 aliphatic heterocycles. The highest BCUT2D eigenvalue weighted by Crippen LogP contribution is 2.38. The largest absolute Gasteiger partial charge is 0.489 e. The van der Waals surface area contributed by atoms with Crippen molar-refractivity contribution >= 4 is 40.3 Å². The standard InChI is InChI=1S/C24H24Cl2FN3O6S/c1-10(2)36-17-4-3-11(5-15(17)26)23-29-30-24(37-23)13-6-16(27)18(7-14(13)25)34-8-12(28)9-35-22-20(32)19(31)21(22)33/h3-7,10,12,19-20,22,31-32H,8-9,28H2,1-2H3. The van der Waals surface area contributed by atoms with Crippen molar-refractivity contribution < 1.29 is 33.6 Å². The van der Waals surface area contributed by atoms with Crippen LogP contribution < -0.4 is 15.2 Å². The van der Waals surface area contributed by atoms with E-state index < -0.39 is 36.0 Å². The number of Topliss-reactive ketones (excluding diaryl/α,β-unsaturated/α-hetero) is 1. The number of hydrogen-bond acceptors (Lipinski definition) is 10. The first-order valence-electron chi connectivity index (χ1n) is 11.2. The Morgan fingerprint density at radius 2 is 1.81 bits per heavy atom. The fourth-order valence-electron chi connectivity index (χ4n) is 3.44. The van der Waals surface area contributed by atoms with Crippen LogP contribution in [-0.2, 0) is 9.53 Å². The topological polar surface area (TPSA) is 137 Å². The van der Waals surface area contributed by atoms with Crippen molar-refractivity contribution in [2.75, 3.05) is 13.2 Å². The molecular formula is C24H24Cl2FN3O6S. The monoisotopic (exact) mass is 571 g/mol. The van der Waals surface area contributed by atoms with Crippen molar-refractivity contribution in [2.45, 2.75) is 44.3 Å². The first-order valence-corrected chi connectivity index (χ1v) is 12.8. The van der Waals surface area contributed by atoms with Crippen molar-refractivity contribution in [1.29, 1.82) is 0 Å². The predicted molar refractivity (Wildman–Crippen MR) is 137 cm³/mol. The van der Waals surface area contributed by atoms with Crippen LogP contribution in [0.15, 0.2) is 30.3 Å². The van der Waals surface area contributed by atoms with Crippen LogP contribution in [0.4, 0.5) is 4.39 Å². The van der Waals surface area contributed by atoms with E-state index in [0.717, 1.165) is 5.56 Å². The number of nitrogens with two attached hydrogens (primary N) is 1. The summed E-state index contributed by atoms with van der Waals surface area (Å²) in [6.07, 6.45) is -3.89. The quantitative estimate of drug-likeness (QED) is 0.333. The summed E-state index contributed by atoms with van der Waals surface area (Å²) in [6, 6.07) is 7.06. The highest BCUT2D eigenvalue weighted by Gasteiger charge is 2.49. The van der Waals surface area contributed by atoms with E-state index in [9.17, 15) is 19.4 Å². The fourth-order valence-corrected chi connectivity index (χ4v) is 4.83. The number of halogens is 3. The highest BCUT2D eigenvalue weighted by molar-refractivity contribution is 7.18. The molecule has 0 radical (unpaired) electrons. The zero-order valence-corrected chi connectivity index (χ0v) is 22.1. The van der Waals surface area contributed by atoms with E-state index >= 15 is 0 Å². The molecule has 4 N–H and O–H groups in total. The van der Waals surface area contributed by atoms with Gasteiger partial charge in [-0.3, -0.25) is 4.79 Å². The smallest absolute Gasteiger partial charge is 0.195 e. The van der Waals surface area contributed by atoms with Gasteiger partial charge in [0.2, 0.25) is 0 Å². The molecule has 0 bridgehead atoms. The van der Waals surface area contributed by atoms with Crippen LogP contribution in [0.3, 0.4) is 0 Å². The van der Waals surface area contributed by atoms with Gasteiger partial charge in [-0.1, -0.05) is 34.5 Å². The third kappa shape index (κ3) is 6.20. The van der Waals surface area contributed by atoms with Gasteiger partial charge in [0, 0.05) is 17.2 Å². The van der Waals surface area contributed by atoms with Crippen molar-refractivity contribution in [2.24, 2.45) is 5.73 Å². The van der Waals surface area contributed by atoms with Gasteiger partial charge in [0.05, 0.1) is 28.8 Å². The van der Waals surface area contributed by atoms with Gasteiger partial charge >= 0.3 is 0 Å². The Balaban J connectivity index is 1.40. The Kier molecular flexibility index (Phi) is 8.64. The predicted octanol–water partition coefficient (Wildman–Crippen LogP) is 3.50. The second-order valence-corrected chi connectivity index (χ2v) is 10.4. The van der Waals surface area contributed by atoms with E-state index in [2.05, 4.69) is 10.2 Å². The molecule has 4 atom stereocenters. The van der Waals surface area contributed by atoms with E-state index in [0.29, 0.717) is 26.4 Å². The van der Waals surface area contributed by atoms with E-state index in [4.69, 9.17) is 43.1 Å². The second kappa shape index (κ2) is 11.6. The Labute approximate surface area is 225 Å². The van der Waals surface area contributed by atoms with Crippen molar-refractivity contribution in [3.05, 3.63) is 46.2 Å². The number of carbonyl (C=O) groups excluding carboxylic acids is 1. The molecule has 1 aliphatic carbocycles. The van der Waals surface area contributed by atoms with Gasteiger partial charge < -0.3 is 30.2 Å². The number of ketones is 1. The molecule has 0 saturated heterocycles. The maximum absolute atomic E-state index is 14.8. The Morgan fingerprint density at radius 3 is 2.49 bits per heavy atom. The molecule has 4 unspecified atom stereocenters. The van der Waals surface area contributed by atoms with Crippen molar-refractivity contribution in [1.82, 2.24) is 10.2 Å². The summed E-state index contributed by atoms with van der Waals surface area (Å²) >= 11 is 13.9. The van der Waals surface area contributed by atoms with Gasteiger partial charge in [0.1, 0.15) is 40.7 Å². The van der Waals surface area contributed by atoms with Gasteiger partial charge in [-0.05, 0) is 38.1 Å². The molecule has 3 aromatic rings. The minimum Gasteiger partial charge on any atom is -0.489 e. The van der Waals surface area contributed by atoms with Crippen molar-refractivity contribution in [3.63, 3.8) is 0 Å². The number of benzene rings is 2. The number of rotatable bonds is 10. The van der Waals surface area contributed by atoms with Crippen LogP contribution in [0.25, 0.3) is 21.1 Å². The van der Waals surface area contributed by atoms with E-state index in [1.807, 2.05) is 19.9 Å². The average Bonchev–Trinajstić information content (AvgIpc) is 3.35. The molecule has 9 nitrogen and oxygen atoms in total. The summed E-state index contributed by atoms with van der Waals surface area (Å²) in [7, 11) is 0. The molecule has 1 aromatic heterocycles. The molecule has 0 spiro atoms. The van der Waals surface area contributed by atoms with Gasteiger partial charge in [0.25, 0.3) is 0 Å². The average molecular weight is 572 g/mol. The van der Waals surface area contributed by atoms with Gasteiger partial charge in [-0.2, -0.15) is 0 Å². The number of aliphatic hydroxyl groups excluding tert-OH is 2. The summed E-state index contributed by atoms with van der Waals surface area (Å²) in [5.41, 5.74) is 6.95. The molecule has 1 saturated carbocycles. The van der Waals surface area contributed by atoms with Crippen LogP contribution >= 0.6 is 34.5 Å². The number of aromatic nitrogens is 2. The Bertz CT molecular complexity index is 1290. The highest BCUT2D eigenvalue weighted by atomic mass is 35.5. The molecule has 0 amide bonds. The Hall–Kier alpha value is -2.38. The molecule has 1 heterocycles. The van der Waals surface area contributed by atoms with E-state index in [-0.39, 0.29) is 30.1 Å². The molecule has 4 rings (SSSR count). The zero-order valence-electron chi connectivity index (χ0n) is 19.7. The first-order chi connectivity index (χ1) is 17.5. The molecule has 2 aromatic carbocycles. The third-order valence-corrected chi connectivity index (χ3v) is 6.98. The molecule has 198 valence electrons. The van der Waals surface area contributed by atoms with Crippen LogP contribution in [0, 0.1) is 5.82 Å². The number of hydrogen-bond donors (Lipinski definition) is 3. The van der Waals surface area contributed by atoms with Crippen LogP contribution in [0.5, 0.6) is 11.5 Å². The summed E-state index contributed by atoms with van der Waals surface area (Å²) in [5.74, 6) is -0.869. The lowest BCUT2D eigenvalue weighted by Crippen LogP contribution is -2.62. The SMILES string of the molecule is CC(C)Oc1ccc(-c2nnc(-c3cc(F)c(OCC(N)COC4C(=O)C(O)C4O)cc3Cl)s2)cc1Cl. The summed E-state index contributed by atoms with van der Waals surface area (Å²) < 4.78 is 31.1. The number of aliphatic hydroxyl groups is 2. The minimum absolute atomic E-state index is 0.0217. The maximum atomic E-state index is 14.8. The summed E-state index contributed by atoms with van der Waals surface area (Å²) in [6.45, 7) is 3.52. The minimum atomic E-state index is -1.45. The van der Waals surface area contributed by atoms with Gasteiger partial charge in [-0.25, -0.2) is 4.39 Å². The molecule has 13 heteroatoms. The van der Waals surface area contributed by atoms with Gasteiger partial charge in [0.15, 0.2) is 17.3 Å². The molecular weight excluding hydrogens is 548 g/mol.